The average Bonchev–Trinajstić information content (AvgIpc) is 2.57. The lowest BCUT2D eigenvalue weighted by molar-refractivity contribution is -0.117. The predicted molar refractivity (Wildman–Crippen MR) is 113 cm³/mol. The van der Waals surface area contributed by atoms with E-state index in [0.29, 0.717) is 5.78 Å². The second-order valence-electron chi connectivity index (χ2n) is 7.43. The topological polar surface area (TPSA) is 46.3 Å². The summed E-state index contributed by atoms with van der Waals surface area (Å²) in [6.45, 7) is 8.99. The van der Waals surface area contributed by atoms with Crippen molar-refractivity contribution in [2.24, 2.45) is 5.73 Å². The first-order chi connectivity index (χ1) is 12.1. The second kappa shape index (κ2) is 23.6. The first kappa shape index (κ1) is 26.8. The minimum Gasteiger partial charge on any atom is -0.329 e. The van der Waals surface area contributed by atoms with Gasteiger partial charge in [-0.05, 0) is 33.4 Å². The van der Waals surface area contributed by atoms with Crippen LogP contribution in [0.1, 0.15) is 111 Å². The number of ketones is 1. The molecule has 0 rings (SSSR count). The molecule has 0 saturated heterocycles. The van der Waals surface area contributed by atoms with Gasteiger partial charge in [0.05, 0.1) is 0 Å². The van der Waals surface area contributed by atoms with Gasteiger partial charge in [0.25, 0.3) is 0 Å². The fourth-order valence-corrected chi connectivity index (χ4v) is 2.83. The lowest BCUT2D eigenvalue weighted by Gasteiger charge is -2.14. The van der Waals surface area contributed by atoms with Crippen LogP contribution in [0.2, 0.25) is 0 Å². The van der Waals surface area contributed by atoms with Crippen LogP contribution in [0.15, 0.2) is 0 Å². The first-order valence-corrected chi connectivity index (χ1v) is 11.0. The normalized spacial score (nSPS) is 10.6. The fourth-order valence-electron chi connectivity index (χ4n) is 2.83. The lowest BCUT2D eigenvalue weighted by Crippen LogP contribution is -2.26. The highest BCUT2D eigenvalue weighted by atomic mass is 16.1. The van der Waals surface area contributed by atoms with Gasteiger partial charge in [-0.25, -0.2) is 0 Å². The number of Topliss-reactive ketones (excluding diaryl/α,β-unsaturated/α-hetero) is 1. The Kier molecular flexibility index (Phi) is 25.3. The number of nitrogens with two attached hydrogens (primary N) is 1. The summed E-state index contributed by atoms with van der Waals surface area (Å²) in [4.78, 5) is 12.8. The van der Waals surface area contributed by atoms with Gasteiger partial charge < -0.3 is 15.4 Å². The van der Waals surface area contributed by atoms with Gasteiger partial charge in [0.1, 0.15) is 5.78 Å². The van der Waals surface area contributed by atoms with Crippen molar-refractivity contribution in [3.05, 3.63) is 0 Å². The zero-order valence-corrected chi connectivity index (χ0v) is 18.0. The van der Waals surface area contributed by atoms with E-state index in [-0.39, 0.29) is 0 Å². The van der Waals surface area contributed by atoms with Crippen molar-refractivity contribution in [1.29, 1.82) is 0 Å². The van der Waals surface area contributed by atoms with Crippen LogP contribution in [0.25, 0.3) is 0 Å². The Morgan fingerprint density at radius 2 is 1.16 bits per heavy atom. The highest BCUT2D eigenvalue weighted by Crippen LogP contribution is 2.09. The smallest absolute Gasteiger partial charge is 0.129 e. The van der Waals surface area contributed by atoms with Gasteiger partial charge in [-0.15, -0.1) is 0 Å². The molecular formula is C22H48N2O. The number of carbonyl (C=O) groups excluding carboxylic acids is 1. The Morgan fingerprint density at radius 3 is 1.56 bits per heavy atom. The average molecular weight is 357 g/mol. The van der Waals surface area contributed by atoms with Crippen LogP contribution in [-0.2, 0) is 4.79 Å². The number of carbonyl (C=O) groups is 1. The van der Waals surface area contributed by atoms with E-state index in [1.807, 2.05) is 0 Å². The molecule has 3 nitrogen and oxygen atoms in total. The van der Waals surface area contributed by atoms with E-state index in [9.17, 15) is 4.79 Å². The summed E-state index contributed by atoms with van der Waals surface area (Å²) in [5.41, 5.74) is 5.41. The largest absolute Gasteiger partial charge is 0.329 e. The Hall–Kier alpha value is -0.410. The molecule has 0 aromatic carbocycles. The predicted octanol–water partition coefficient (Wildman–Crippen LogP) is 5.95. The maximum atomic E-state index is 10.6. The number of hydrogen-bond donors (Lipinski definition) is 1. The molecule has 25 heavy (non-hydrogen) atoms. The zero-order valence-electron chi connectivity index (χ0n) is 18.0. The summed E-state index contributed by atoms with van der Waals surface area (Å²) < 4.78 is 0. The van der Waals surface area contributed by atoms with Crippen LogP contribution in [-0.4, -0.2) is 37.4 Å². The third-order valence-electron chi connectivity index (χ3n) is 4.54. The molecule has 0 aromatic heterocycles. The molecule has 0 spiro atoms. The van der Waals surface area contributed by atoms with Crippen molar-refractivity contribution < 1.29 is 4.79 Å². The van der Waals surface area contributed by atoms with E-state index in [1.165, 1.54) is 70.6 Å². The van der Waals surface area contributed by atoms with E-state index in [2.05, 4.69) is 25.8 Å². The van der Waals surface area contributed by atoms with Gasteiger partial charge in [0, 0.05) is 19.5 Å². The fraction of sp³-hybridized carbons (Fsp3) is 0.955. The Bertz CT molecular complexity index is 246. The second-order valence-corrected chi connectivity index (χ2v) is 7.43. The molecule has 0 unspecified atom stereocenters. The molecule has 152 valence electrons. The Labute approximate surface area is 159 Å². The summed E-state index contributed by atoms with van der Waals surface area (Å²) in [7, 11) is 2.08. The van der Waals surface area contributed by atoms with Gasteiger partial charge in [-0.2, -0.15) is 0 Å². The number of unbranched alkanes of at least 4 members (excludes halogenated alkanes) is 11. The quantitative estimate of drug-likeness (QED) is 0.327. The van der Waals surface area contributed by atoms with E-state index >= 15 is 0 Å². The van der Waals surface area contributed by atoms with Gasteiger partial charge in [0.15, 0.2) is 0 Å². The van der Waals surface area contributed by atoms with Crippen LogP contribution in [0, 0.1) is 0 Å². The van der Waals surface area contributed by atoms with Gasteiger partial charge in [-0.3, -0.25) is 0 Å². The molecule has 0 aromatic rings. The van der Waals surface area contributed by atoms with Crippen molar-refractivity contribution in [3.8, 4) is 0 Å². The molecule has 3 heteroatoms. The van der Waals surface area contributed by atoms with Crippen LogP contribution in [0.5, 0.6) is 0 Å². The Morgan fingerprint density at radius 1 is 0.720 bits per heavy atom. The van der Waals surface area contributed by atoms with E-state index in [0.717, 1.165) is 38.9 Å². The molecule has 0 fully saturated rings. The SMILES string of the molecule is CC(=O)CCCCCN(C)CCN.CCCCCCCCCCCC. The van der Waals surface area contributed by atoms with Crippen LogP contribution in [0.3, 0.4) is 0 Å². The van der Waals surface area contributed by atoms with Crippen molar-refractivity contribution in [1.82, 2.24) is 4.90 Å². The highest BCUT2D eigenvalue weighted by Gasteiger charge is 1.97. The molecule has 0 aliphatic heterocycles. The number of likely N-dealkylation sites (N-methyl/N-ethyl adjacent to an activating group) is 1. The lowest BCUT2D eigenvalue weighted by atomic mass is 10.1. The maximum absolute atomic E-state index is 10.6. The minimum absolute atomic E-state index is 0.301. The summed E-state index contributed by atoms with van der Waals surface area (Å²) in [6, 6.07) is 0. The molecule has 0 atom stereocenters. The zero-order chi connectivity index (χ0) is 19.2. The van der Waals surface area contributed by atoms with E-state index < -0.39 is 0 Å². The summed E-state index contributed by atoms with van der Waals surface area (Å²) in [5, 5.41) is 0. The minimum atomic E-state index is 0.301. The van der Waals surface area contributed by atoms with E-state index in [1.54, 1.807) is 6.92 Å². The molecular weight excluding hydrogens is 308 g/mol. The number of rotatable bonds is 17. The molecule has 0 saturated carbocycles. The molecule has 0 radical (unpaired) electrons. The van der Waals surface area contributed by atoms with Crippen LogP contribution >= 0.6 is 0 Å². The third-order valence-corrected chi connectivity index (χ3v) is 4.54. The van der Waals surface area contributed by atoms with Gasteiger partial charge in [-0.1, -0.05) is 84.5 Å². The standard InChI is InChI=1S/C12H26.C10H22N2O/c1-3-5-7-9-11-12-10-8-6-4-2;1-10(13)6-4-3-5-8-12(2)9-7-11/h3-12H2,1-2H3;3-9,11H2,1-2H3. The molecule has 0 aliphatic carbocycles. The van der Waals surface area contributed by atoms with Crippen LogP contribution in [0.4, 0.5) is 0 Å². The summed E-state index contributed by atoms with van der Waals surface area (Å²) >= 11 is 0. The monoisotopic (exact) mass is 356 g/mol. The summed E-state index contributed by atoms with van der Waals surface area (Å²) in [6.07, 6.45) is 18.5. The third kappa shape index (κ3) is 28.7. The van der Waals surface area contributed by atoms with Crippen LogP contribution < -0.4 is 5.73 Å². The van der Waals surface area contributed by atoms with Crippen molar-refractivity contribution in [3.63, 3.8) is 0 Å². The van der Waals surface area contributed by atoms with Gasteiger partial charge >= 0.3 is 0 Å². The van der Waals surface area contributed by atoms with E-state index in [4.69, 9.17) is 5.73 Å². The maximum Gasteiger partial charge on any atom is 0.129 e. The molecule has 0 aliphatic rings. The first-order valence-electron chi connectivity index (χ1n) is 11.0. The number of nitrogens with zero attached hydrogens (tertiary/aromatic N) is 1. The van der Waals surface area contributed by atoms with Crippen molar-refractivity contribution in [2.75, 3.05) is 26.7 Å². The highest BCUT2D eigenvalue weighted by molar-refractivity contribution is 5.75. The van der Waals surface area contributed by atoms with Crippen molar-refractivity contribution >= 4 is 5.78 Å². The molecule has 0 bridgehead atoms. The summed E-state index contributed by atoms with van der Waals surface area (Å²) in [5.74, 6) is 0.301. The molecule has 0 amide bonds. The molecule has 2 N–H and O–H groups in total. The Balaban J connectivity index is 0. The van der Waals surface area contributed by atoms with Crippen molar-refractivity contribution in [2.45, 2.75) is 111 Å². The van der Waals surface area contributed by atoms with Gasteiger partial charge in [0.2, 0.25) is 0 Å². The molecule has 0 heterocycles. The number of hydrogen-bond acceptors (Lipinski definition) is 3.